The first-order chi connectivity index (χ1) is 9.74. The van der Waals surface area contributed by atoms with Crippen molar-refractivity contribution in [1.29, 1.82) is 0 Å². The largest absolute Gasteiger partial charge is 0.326 e. The van der Waals surface area contributed by atoms with Gasteiger partial charge in [0.05, 0.1) is 5.69 Å². The fraction of sp³-hybridized carbons (Fsp3) is 0.231. The first-order valence-electron chi connectivity index (χ1n) is 6.02. The van der Waals surface area contributed by atoms with Gasteiger partial charge < -0.3 is 5.73 Å². The lowest BCUT2D eigenvalue weighted by Gasteiger charge is -2.12. The summed E-state index contributed by atoms with van der Waals surface area (Å²) in [6, 6.07) is 5.33. The molecule has 21 heavy (non-hydrogen) atoms. The minimum atomic E-state index is -3.65. The zero-order chi connectivity index (χ0) is 15.8. The zero-order valence-corrected chi connectivity index (χ0v) is 16.2. The van der Waals surface area contributed by atoms with Crippen LogP contribution in [0.3, 0.4) is 0 Å². The van der Waals surface area contributed by atoms with Gasteiger partial charge in [0.15, 0.2) is 0 Å². The van der Waals surface area contributed by atoms with Gasteiger partial charge in [0, 0.05) is 25.2 Å². The third kappa shape index (κ3) is 3.68. The molecule has 0 aliphatic carbocycles. The van der Waals surface area contributed by atoms with Gasteiger partial charge in [0.25, 0.3) is 10.0 Å². The molecule has 0 amide bonds. The number of thiophene rings is 1. The van der Waals surface area contributed by atoms with Crippen LogP contribution in [0.25, 0.3) is 0 Å². The van der Waals surface area contributed by atoms with Gasteiger partial charge in [-0.3, -0.25) is 4.72 Å². The molecule has 3 N–H and O–H groups in total. The van der Waals surface area contributed by atoms with E-state index >= 15 is 0 Å². The smallest absolute Gasteiger partial charge is 0.263 e. The number of anilines is 1. The standard InChI is InChI=1S/C13H14Br2N2O2S2/c1-7-3-10(14)13(11(15)4-7)17-21(18,19)12-5-9(6-16)20-8(12)2/h3-5,17H,6,16H2,1-2H3. The Bertz CT molecular complexity index is 762. The summed E-state index contributed by atoms with van der Waals surface area (Å²) < 4.78 is 29.1. The Labute approximate surface area is 145 Å². The van der Waals surface area contributed by atoms with Gasteiger partial charge in [-0.15, -0.1) is 11.3 Å². The van der Waals surface area contributed by atoms with E-state index in [4.69, 9.17) is 5.73 Å². The molecule has 0 atom stereocenters. The van der Waals surface area contributed by atoms with Crippen molar-refractivity contribution in [2.45, 2.75) is 25.3 Å². The van der Waals surface area contributed by atoms with E-state index in [-0.39, 0.29) is 4.90 Å². The van der Waals surface area contributed by atoms with Crippen LogP contribution in [0.2, 0.25) is 0 Å². The van der Waals surface area contributed by atoms with Crippen molar-refractivity contribution in [2.24, 2.45) is 5.73 Å². The SMILES string of the molecule is Cc1cc(Br)c(NS(=O)(=O)c2cc(CN)sc2C)c(Br)c1. The molecule has 0 spiro atoms. The lowest BCUT2D eigenvalue weighted by atomic mass is 10.2. The van der Waals surface area contributed by atoms with E-state index in [9.17, 15) is 8.42 Å². The van der Waals surface area contributed by atoms with E-state index in [0.29, 0.717) is 21.2 Å². The number of sulfonamides is 1. The van der Waals surface area contributed by atoms with E-state index in [0.717, 1.165) is 15.3 Å². The van der Waals surface area contributed by atoms with Crippen LogP contribution < -0.4 is 10.5 Å². The highest BCUT2D eigenvalue weighted by atomic mass is 79.9. The molecular formula is C13H14Br2N2O2S2. The molecule has 1 aromatic carbocycles. The van der Waals surface area contributed by atoms with Crippen LogP contribution in [0.5, 0.6) is 0 Å². The number of hydrogen-bond acceptors (Lipinski definition) is 4. The molecule has 8 heteroatoms. The summed E-state index contributed by atoms with van der Waals surface area (Å²) >= 11 is 8.17. The van der Waals surface area contributed by atoms with E-state index in [1.54, 1.807) is 13.0 Å². The van der Waals surface area contributed by atoms with Gasteiger partial charge in [-0.2, -0.15) is 0 Å². The molecule has 2 rings (SSSR count). The average molecular weight is 454 g/mol. The van der Waals surface area contributed by atoms with Crippen molar-refractivity contribution < 1.29 is 8.42 Å². The van der Waals surface area contributed by atoms with E-state index in [2.05, 4.69) is 36.6 Å². The number of aryl methyl sites for hydroxylation is 2. The highest BCUT2D eigenvalue weighted by molar-refractivity contribution is 9.11. The van der Waals surface area contributed by atoms with E-state index < -0.39 is 10.0 Å². The number of benzene rings is 1. The second-order valence-electron chi connectivity index (χ2n) is 4.55. The first kappa shape index (κ1) is 17.0. The van der Waals surface area contributed by atoms with Crippen LogP contribution in [0, 0.1) is 13.8 Å². The highest BCUT2D eigenvalue weighted by Crippen LogP contribution is 2.35. The number of hydrogen-bond donors (Lipinski definition) is 2. The summed E-state index contributed by atoms with van der Waals surface area (Å²) in [5, 5.41) is 0. The molecule has 0 aliphatic heterocycles. The van der Waals surface area contributed by atoms with Gasteiger partial charge >= 0.3 is 0 Å². The monoisotopic (exact) mass is 452 g/mol. The van der Waals surface area contributed by atoms with Crippen LogP contribution in [0.15, 0.2) is 32.0 Å². The van der Waals surface area contributed by atoms with E-state index in [1.807, 2.05) is 19.1 Å². The maximum atomic E-state index is 12.6. The summed E-state index contributed by atoms with van der Waals surface area (Å²) in [6.45, 7) is 4.04. The van der Waals surface area contributed by atoms with E-state index in [1.165, 1.54) is 11.3 Å². The van der Waals surface area contributed by atoms with Gasteiger partial charge in [-0.05, 0) is 69.5 Å². The predicted octanol–water partition coefficient (Wildman–Crippen LogP) is 4.15. The molecule has 0 saturated carbocycles. The number of rotatable bonds is 4. The number of halogens is 2. The molecular weight excluding hydrogens is 440 g/mol. The van der Waals surface area contributed by atoms with Crippen molar-refractivity contribution in [3.05, 3.63) is 42.5 Å². The first-order valence-corrected chi connectivity index (χ1v) is 9.91. The second kappa shape index (κ2) is 6.37. The zero-order valence-electron chi connectivity index (χ0n) is 11.4. The minimum Gasteiger partial charge on any atom is -0.326 e. The third-order valence-corrected chi connectivity index (χ3v) is 6.77. The van der Waals surface area contributed by atoms with Gasteiger partial charge in [0.2, 0.25) is 0 Å². The topological polar surface area (TPSA) is 72.2 Å². The summed E-state index contributed by atoms with van der Waals surface area (Å²) in [7, 11) is -3.65. The summed E-state index contributed by atoms with van der Waals surface area (Å²) in [5.41, 5.74) is 7.08. The Morgan fingerprint density at radius 1 is 1.19 bits per heavy atom. The van der Waals surface area contributed by atoms with Crippen molar-refractivity contribution >= 4 is 58.9 Å². The Morgan fingerprint density at radius 3 is 2.24 bits per heavy atom. The van der Waals surface area contributed by atoms with Gasteiger partial charge in [-0.1, -0.05) is 0 Å². The maximum absolute atomic E-state index is 12.6. The minimum absolute atomic E-state index is 0.271. The van der Waals surface area contributed by atoms with Crippen molar-refractivity contribution in [3.63, 3.8) is 0 Å². The lowest BCUT2D eigenvalue weighted by molar-refractivity contribution is 0.601. The number of nitrogens with two attached hydrogens (primary N) is 1. The maximum Gasteiger partial charge on any atom is 0.263 e. The molecule has 4 nitrogen and oxygen atoms in total. The van der Waals surface area contributed by atoms with Crippen LogP contribution >= 0.6 is 43.2 Å². The summed E-state index contributed by atoms with van der Waals surface area (Å²) in [6.07, 6.45) is 0. The van der Waals surface area contributed by atoms with Crippen LogP contribution in [0.4, 0.5) is 5.69 Å². The lowest BCUT2D eigenvalue weighted by Crippen LogP contribution is -2.14. The summed E-state index contributed by atoms with van der Waals surface area (Å²) in [5.74, 6) is 0. The van der Waals surface area contributed by atoms with Crippen LogP contribution in [-0.4, -0.2) is 8.42 Å². The highest BCUT2D eigenvalue weighted by Gasteiger charge is 2.22. The molecule has 0 unspecified atom stereocenters. The van der Waals surface area contributed by atoms with Crippen LogP contribution in [-0.2, 0) is 16.6 Å². The molecule has 0 fully saturated rings. The van der Waals surface area contributed by atoms with Crippen molar-refractivity contribution in [3.8, 4) is 0 Å². The van der Waals surface area contributed by atoms with Crippen molar-refractivity contribution in [1.82, 2.24) is 0 Å². The quantitative estimate of drug-likeness (QED) is 0.730. The molecule has 0 aliphatic rings. The molecule has 114 valence electrons. The molecule has 2 aromatic rings. The third-order valence-electron chi connectivity index (χ3n) is 2.84. The Hall–Kier alpha value is -0.410. The normalized spacial score (nSPS) is 11.7. The molecule has 1 heterocycles. The molecule has 1 aromatic heterocycles. The Kier molecular flexibility index (Phi) is 5.15. The molecule has 0 bridgehead atoms. The average Bonchev–Trinajstić information content (AvgIpc) is 2.76. The van der Waals surface area contributed by atoms with Crippen LogP contribution in [0.1, 0.15) is 15.3 Å². The second-order valence-corrected chi connectivity index (χ2v) is 9.25. The van der Waals surface area contributed by atoms with Crippen molar-refractivity contribution in [2.75, 3.05) is 4.72 Å². The summed E-state index contributed by atoms with van der Waals surface area (Å²) in [4.78, 5) is 1.84. The molecule has 0 radical (unpaired) electrons. The van der Waals surface area contributed by atoms with Gasteiger partial charge in [0.1, 0.15) is 4.90 Å². The van der Waals surface area contributed by atoms with Gasteiger partial charge in [-0.25, -0.2) is 8.42 Å². The fourth-order valence-corrected chi connectivity index (χ4v) is 6.37. The Balaban J connectivity index is 2.44. The molecule has 0 saturated heterocycles. The fourth-order valence-electron chi connectivity index (χ4n) is 1.88. The number of nitrogens with one attached hydrogen (secondary N) is 1. The Morgan fingerprint density at radius 2 is 1.76 bits per heavy atom. The predicted molar refractivity (Wildman–Crippen MR) is 94.3 cm³/mol.